The lowest BCUT2D eigenvalue weighted by molar-refractivity contribution is 0.0793. The number of anilines is 1. The van der Waals surface area contributed by atoms with Gasteiger partial charge in [0.25, 0.3) is 11.6 Å². The van der Waals surface area contributed by atoms with Gasteiger partial charge in [-0.05, 0) is 51.5 Å². The number of aryl methyl sites for hydroxylation is 3. The van der Waals surface area contributed by atoms with Crippen LogP contribution < -0.4 is 5.32 Å². The number of benzene rings is 1. The summed E-state index contributed by atoms with van der Waals surface area (Å²) in [6, 6.07) is 14.1. The molecule has 3 aromatic heterocycles. The fourth-order valence-corrected chi connectivity index (χ4v) is 4.29. The van der Waals surface area contributed by atoms with Crippen LogP contribution >= 0.6 is 0 Å². The number of likely N-dealkylation sites (tertiary alicyclic amines) is 1. The van der Waals surface area contributed by atoms with Gasteiger partial charge in [-0.15, -0.1) is 0 Å². The second kappa shape index (κ2) is 7.58. The maximum absolute atomic E-state index is 13.6. The minimum atomic E-state index is -0.0322. The summed E-state index contributed by atoms with van der Waals surface area (Å²) >= 11 is 0. The Balaban J connectivity index is 1.47. The highest BCUT2D eigenvalue weighted by Gasteiger charge is 2.30. The number of pyridine rings is 1. The number of furan rings is 1. The van der Waals surface area contributed by atoms with Gasteiger partial charge in [-0.3, -0.25) is 4.79 Å². The summed E-state index contributed by atoms with van der Waals surface area (Å²) in [5.41, 5.74) is 4.17. The number of amides is 1. The van der Waals surface area contributed by atoms with Gasteiger partial charge in [0.05, 0.1) is 22.3 Å². The van der Waals surface area contributed by atoms with Gasteiger partial charge >= 0.3 is 0 Å². The van der Waals surface area contributed by atoms with Crippen molar-refractivity contribution < 1.29 is 13.7 Å². The van der Waals surface area contributed by atoms with Crippen LogP contribution in [0.1, 0.15) is 34.0 Å². The number of carbonyl (C=O) groups is 1. The highest BCUT2D eigenvalue weighted by molar-refractivity contribution is 6.07. The number of nitrogens with one attached hydrogen (secondary N) is 1. The van der Waals surface area contributed by atoms with Gasteiger partial charge in [0.15, 0.2) is 0 Å². The summed E-state index contributed by atoms with van der Waals surface area (Å²) < 4.78 is 11.1. The molecule has 7 heteroatoms. The summed E-state index contributed by atoms with van der Waals surface area (Å²) in [5.74, 6) is 1.52. The van der Waals surface area contributed by atoms with E-state index in [0.29, 0.717) is 41.1 Å². The molecular weight excluding hydrogens is 392 g/mol. The molecule has 1 amide bonds. The van der Waals surface area contributed by atoms with Crippen LogP contribution in [0.15, 0.2) is 51.4 Å². The number of rotatable bonds is 4. The normalized spacial score (nSPS) is 16.2. The van der Waals surface area contributed by atoms with Crippen molar-refractivity contribution in [2.45, 2.75) is 33.2 Å². The Bertz CT molecular complexity index is 1260. The zero-order valence-electron chi connectivity index (χ0n) is 17.8. The average molecular weight is 416 g/mol. The van der Waals surface area contributed by atoms with Gasteiger partial charge < -0.3 is 19.2 Å². The SMILES string of the molecule is Cc1cc(-c2cc(C(=O)N3CCC(Nc4ccccc4)C3)c3c(C)noc3n2)c(C)o1. The van der Waals surface area contributed by atoms with Gasteiger partial charge in [0.1, 0.15) is 11.5 Å². The first-order valence-corrected chi connectivity index (χ1v) is 10.4. The molecule has 4 heterocycles. The molecular formula is C24H24N4O3. The number of aromatic nitrogens is 2. The number of para-hydroxylation sites is 1. The van der Waals surface area contributed by atoms with Crippen molar-refractivity contribution >= 4 is 22.7 Å². The maximum Gasteiger partial charge on any atom is 0.259 e. The Kier molecular flexibility index (Phi) is 4.73. The average Bonchev–Trinajstić information content (AvgIpc) is 3.47. The molecule has 5 rings (SSSR count). The number of hydrogen-bond donors (Lipinski definition) is 1. The summed E-state index contributed by atoms with van der Waals surface area (Å²) in [5, 5.41) is 8.25. The minimum Gasteiger partial charge on any atom is -0.466 e. The lowest BCUT2D eigenvalue weighted by Gasteiger charge is -2.18. The van der Waals surface area contributed by atoms with Gasteiger partial charge in [0.2, 0.25) is 0 Å². The van der Waals surface area contributed by atoms with E-state index in [1.807, 2.05) is 68.1 Å². The molecule has 4 aromatic rings. The Morgan fingerprint density at radius 2 is 1.97 bits per heavy atom. The molecule has 31 heavy (non-hydrogen) atoms. The Hall–Kier alpha value is -3.61. The predicted octanol–water partition coefficient (Wildman–Crippen LogP) is 4.73. The molecule has 1 aliphatic heterocycles. The van der Waals surface area contributed by atoms with Gasteiger partial charge in [0, 0.05) is 30.4 Å². The monoisotopic (exact) mass is 416 g/mol. The summed E-state index contributed by atoms with van der Waals surface area (Å²) in [7, 11) is 0. The van der Waals surface area contributed by atoms with Crippen molar-refractivity contribution in [1.82, 2.24) is 15.0 Å². The van der Waals surface area contributed by atoms with Crippen molar-refractivity contribution in [3.05, 3.63) is 65.2 Å². The van der Waals surface area contributed by atoms with E-state index >= 15 is 0 Å². The van der Waals surface area contributed by atoms with E-state index in [1.54, 1.807) is 0 Å². The zero-order valence-corrected chi connectivity index (χ0v) is 17.8. The third-order valence-electron chi connectivity index (χ3n) is 5.78. The molecule has 1 fully saturated rings. The van der Waals surface area contributed by atoms with Crippen LogP contribution in [0.2, 0.25) is 0 Å². The third kappa shape index (κ3) is 3.56. The quantitative estimate of drug-likeness (QED) is 0.518. The van der Waals surface area contributed by atoms with Crippen LogP contribution in [-0.2, 0) is 0 Å². The van der Waals surface area contributed by atoms with Crippen molar-refractivity contribution in [1.29, 1.82) is 0 Å². The minimum absolute atomic E-state index is 0.0322. The number of hydrogen-bond acceptors (Lipinski definition) is 6. The summed E-state index contributed by atoms with van der Waals surface area (Å²) in [6.45, 7) is 6.95. The van der Waals surface area contributed by atoms with Gasteiger partial charge in [-0.1, -0.05) is 23.4 Å². The van der Waals surface area contributed by atoms with Crippen LogP contribution in [0.3, 0.4) is 0 Å². The fraction of sp³-hybridized carbons (Fsp3) is 0.292. The van der Waals surface area contributed by atoms with Crippen molar-refractivity contribution in [2.75, 3.05) is 18.4 Å². The second-order valence-electron chi connectivity index (χ2n) is 8.08. The van der Waals surface area contributed by atoms with Gasteiger partial charge in [-0.2, -0.15) is 0 Å². The van der Waals surface area contributed by atoms with Crippen LogP contribution in [-0.4, -0.2) is 40.1 Å². The maximum atomic E-state index is 13.6. The summed E-state index contributed by atoms with van der Waals surface area (Å²) in [6.07, 6.45) is 0.893. The molecule has 0 radical (unpaired) electrons. The van der Waals surface area contributed by atoms with E-state index in [9.17, 15) is 4.79 Å². The number of carbonyl (C=O) groups excluding carboxylic acids is 1. The van der Waals surface area contributed by atoms with E-state index < -0.39 is 0 Å². The molecule has 1 saturated heterocycles. The molecule has 1 atom stereocenters. The molecule has 158 valence electrons. The first kappa shape index (κ1) is 19.4. The molecule has 0 spiro atoms. The highest BCUT2D eigenvalue weighted by atomic mass is 16.5. The highest BCUT2D eigenvalue weighted by Crippen LogP contribution is 2.31. The molecule has 1 N–H and O–H groups in total. The van der Waals surface area contributed by atoms with Crippen molar-refractivity contribution in [3.63, 3.8) is 0 Å². The van der Waals surface area contributed by atoms with Gasteiger partial charge in [-0.25, -0.2) is 4.98 Å². The molecule has 1 aliphatic rings. The first-order chi connectivity index (χ1) is 15.0. The second-order valence-corrected chi connectivity index (χ2v) is 8.08. The van der Waals surface area contributed by atoms with Crippen LogP contribution in [0.4, 0.5) is 5.69 Å². The first-order valence-electron chi connectivity index (χ1n) is 10.4. The Morgan fingerprint density at radius 3 is 2.71 bits per heavy atom. The standard InChI is InChI=1S/C24H24N4O3/c1-14-11-19(16(3)30-14)21-12-20(22-15(2)27-31-23(22)26-21)24(29)28-10-9-18(13-28)25-17-7-5-4-6-8-17/h4-8,11-12,18,25H,9-10,13H2,1-3H3. The number of fused-ring (bicyclic) bond motifs is 1. The van der Waals surface area contributed by atoms with Crippen LogP contribution in [0.25, 0.3) is 22.4 Å². The smallest absolute Gasteiger partial charge is 0.259 e. The van der Waals surface area contributed by atoms with E-state index in [4.69, 9.17) is 8.94 Å². The molecule has 1 aromatic carbocycles. The van der Waals surface area contributed by atoms with Crippen molar-refractivity contribution in [2.24, 2.45) is 0 Å². The lowest BCUT2D eigenvalue weighted by Crippen LogP contribution is -2.31. The van der Waals surface area contributed by atoms with E-state index in [0.717, 1.165) is 29.2 Å². The fourth-order valence-electron chi connectivity index (χ4n) is 4.29. The predicted molar refractivity (Wildman–Crippen MR) is 118 cm³/mol. The van der Waals surface area contributed by atoms with Crippen molar-refractivity contribution in [3.8, 4) is 11.3 Å². The van der Waals surface area contributed by atoms with Crippen LogP contribution in [0, 0.1) is 20.8 Å². The Morgan fingerprint density at radius 1 is 1.16 bits per heavy atom. The largest absolute Gasteiger partial charge is 0.466 e. The topological polar surface area (TPSA) is 84.4 Å². The zero-order chi connectivity index (χ0) is 21.5. The molecule has 7 nitrogen and oxygen atoms in total. The van der Waals surface area contributed by atoms with E-state index in [2.05, 4.69) is 15.5 Å². The van der Waals surface area contributed by atoms with E-state index in [1.165, 1.54) is 0 Å². The number of nitrogens with zero attached hydrogens (tertiary/aromatic N) is 3. The summed E-state index contributed by atoms with van der Waals surface area (Å²) in [4.78, 5) is 20.1. The molecule has 0 aliphatic carbocycles. The lowest BCUT2D eigenvalue weighted by atomic mass is 10.0. The van der Waals surface area contributed by atoms with Crippen LogP contribution in [0.5, 0.6) is 0 Å². The molecule has 0 saturated carbocycles. The van der Waals surface area contributed by atoms with E-state index in [-0.39, 0.29) is 11.9 Å². The Labute approximate surface area is 180 Å². The molecule has 0 bridgehead atoms. The third-order valence-corrected chi connectivity index (χ3v) is 5.78. The molecule has 1 unspecified atom stereocenters.